The number of nitrogens with zero attached hydrogens (tertiary/aromatic N) is 1. The second-order valence-electron chi connectivity index (χ2n) is 5.07. The third-order valence-electron chi connectivity index (χ3n) is 3.29. The minimum atomic E-state index is -1.04. The monoisotopic (exact) mass is 396 g/mol. The summed E-state index contributed by atoms with van der Waals surface area (Å²) in [7, 11) is 0. The zero-order valence-electron chi connectivity index (χ0n) is 12.9. The van der Waals surface area contributed by atoms with Crippen LogP contribution in [0.3, 0.4) is 0 Å². The zero-order valence-corrected chi connectivity index (χ0v) is 14.4. The predicted octanol–water partition coefficient (Wildman–Crippen LogP) is 4.11. The number of rotatable bonds is 5. The van der Waals surface area contributed by atoms with Crippen LogP contribution in [-0.4, -0.2) is 18.4 Å². The number of hydrogen-bond donors (Lipinski definition) is 1. The molecule has 0 radical (unpaired) electrons. The summed E-state index contributed by atoms with van der Waals surface area (Å²) in [6, 6.07) is 10.2. The second-order valence-corrected chi connectivity index (χ2v) is 5.99. The van der Waals surface area contributed by atoms with Crippen LogP contribution in [0.15, 0.2) is 46.9 Å². The molecule has 0 aromatic heterocycles. The van der Waals surface area contributed by atoms with Crippen molar-refractivity contribution in [2.45, 2.75) is 13.3 Å². The predicted molar refractivity (Wildman–Crippen MR) is 91.8 cm³/mol. The number of nitrogens with one attached hydrogen (secondary N) is 1. The smallest absolute Gasteiger partial charge is 0.226 e. The number of benzene rings is 2. The van der Waals surface area contributed by atoms with Gasteiger partial charge in [0, 0.05) is 41.8 Å². The summed E-state index contributed by atoms with van der Waals surface area (Å²) in [5.41, 5.74) is 0.836. The van der Waals surface area contributed by atoms with E-state index in [1.165, 1.54) is 17.9 Å². The van der Waals surface area contributed by atoms with Crippen LogP contribution < -0.4 is 10.2 Å². The Bertz CT molecular complexity index is 751. The lowest BCUT2D eigenvalue weighted by atomic mass is 10.2. The summed E-state index contributed by atoms with van der Waals surface area (Å²) in [5.74, 6) is -2.68. The largest absolute Gasteiger partial charge is 0.326 e. The third kappa shape index (κ3) is 4.86. The summed E-state index contributed by atoms with van der Waals surface area (Å²) in [5, 5.41) is 2.70. The SMILES string of the molecule is CC(=O)N(CCC(=O)Nc1ccc(Br)cc1)c1ccc(F)c(F)c1. The molecule has 2 amide bonds. The van der Waals surface area contributed by atoms with Gasteiger partial charge in [0.2, 0.25) is 11.8 Å². The molecule has 2 aromatic rings. The first-order valence-electron chi connectivity index (χ1n) is 7.15. The summed E-state index contributed by atoms with van der Waals surface area (Å²) < 4.78 is 27.2. The lowest BCUT2D eigenvalue weighted by molar-refractivity contribution is -0.117. The Morgan fingerprint density at radius 3 is 2.33 bits per heavy atom. The molecule has 2 aromatic carbocycles. The number of carbonyl (C=O) groups is 2. The highest BCUT2D eigenvalue weighted by atomic mass is 79.9. The third-order valence-corrected chi connectivity index (χ3v) is 3.81. The van der Waals surface area contributed by atoms with Gasteiger partial charge in [-0.3, -0.25) is 9.59 Å². The average molecular weight is 397 g/mol. The lowest BCUT2D eigenvalue weighted by Crippen LogP contribution is -2.32. The molecule has 24 heavy (non-hydrogen) atoms. The van der Waals surface area contributed by atoms with Gasteiger partial charge in [-0.25, -0.2) is 8.78 Å². The summed E-state index contributed by atoms with van der Waals surface area (Å²) in [6.07, 6.45) is 0.0225. The van der Waals surface area contributed by atoms with E-state index >= 15 is 0 Å². The van der Waals surface area contributed by atoms with E-state index in [2.05, 4.69) is 21.2 Å². The highest BCUT2D eigenvalue weighted by Gasteiger charge is 2.15. The molecule has 0 saturated heterocycles. The van der Waals surface area contributed by atoms with Crippen molar-refractivity contribution >= 4 is 39.1 Å². The van der Waals surface area contributed by atoms with Crippen molar-refractivity contribution < 1.29 is 18.4 Å². The molecule has 0 aliphatic rings. The van der Waals surface area contributed by atoms with Crippen LogP contribution in [0.5, 0.6) is 0 Å². The van der Waals surface area contributed by atoms with Gasteiger partial charge < -0.3 is 10.2 Å². The number of halogens is 3. The minimum absolute atomic E-state index is 0.0225. The summed E-state index contributed by atoms with van der Waals surface area (Å²) in [6.45, 7) is 1.36. The van der Waals surface area contributed by atoms with E-state index < -0.39 is 11.6 Å². The van der Waals surface area contributed by atoms with E-state index in [-0.39, 0.29) is 30.5 Å². The molecule has 1 N–H and O–H groups in total. The van der Waals surface area contributed by atoms with Crippen molar-refractivity contribution in [2.24, 2.45) is 0 Å². The Hall–Kier alpha value is -2.28. The van der Waals surface area contributed by atoms with Crippen LogP contribution in [-0.2, 0) is 9.59 Å². The standard InChI is InChI=1S/C17H15BrF2N2O2/c1-11(23)22(14-6-7-15(19)16(20)10-14)9-8-17(24)21-13-4-2-12(18)3-5-13/h2-7,10H,8-9H2,1H3,(H,21,24). The van der Waals surface area contributed by atoms with Crippen molar-refractivity contribution in [1.29, 1.82) is 0 Å². The van der Waals surface area contributed by atoms with Crippen LogP contribution in [0.2, 0.25) is 0 Å². The van der Waals surface area contributed by atoms with Crippen LogP contribution in [0.1, 0.15) is 13.3 Å². The molecule has 0 aliphatic carbocycles. The van der Waals surface area contributed by atoms with E-state index in [9.17, 15) is 18.4 Å². The van der Waals surface area contributed by atoms with Gasteiger partial charge in [0.05, 0.1) is 0 Å². The number of carbonyl (C=O) groups excluding carboxylic acids is 2. The molecule has 0 fully saturated rings. The van der Waals surface area contributed by atoms with Gasteiger partial charge in [-0.1, -0.05) is 15.9 Å². The average Bonchev–Trinajstić information content (AvgIpc) is 2.53. The van der Waals surface area contributed by atoms with Gasteiger partial charge in [0.25, 0.3) is 0 Å². The van der Waals surface area contributed by atoms with Crippen molar-refractivity contribution in [3.05, 3.63) is 58.6 Å². The minimum Gasteiger partial charge on any atom is -0.326 e. The van der Waals surface area contributed by atoms with Crippen LogP contribution in [0, 0.1) is 11.6 Å². The van der Waals surface area contributed by atoms with Crippen LogP contribution in [0.25, 0.3) is 0 Å². The van der Waals surface area contributed by atoms with Crippen molar-refractivity contribution in [3.63, 3.8) is 0 Å². The van der Waals surface area contributed by atoms with Gasteiger partial charge >= 0.3 is 0 Å². The molecule has 4 nitrogen and oxygen atoms in total. The van der Waals surface area contributed by atoms with E-state index in [4.69, 9.17) is 0 Å². The van der Waals surface area contributed by atoms with Gasteiger partial charge in [0.15, 0.2) is 11.6 Å². The Morgan fingerprint density at radius 2 is 1.75 bits per heavy atom. The van der Waals surface area contributed by atoms with Crippen molar-refractivity contribution in [1.82, 2.24) is 0 Å². The molecule has 0 unspecified atom stereocenters. The Morgan fingerprint density at radius 1 is 1.08 bits per heavy atom. The topological polar surface area (TPSA) is 49.4 Å². The Kier molecular flexibility index (Phi) is 6.03. The Labute approximate surface area is 146 Å². The first kappa shape index (κ1) is 18.1. The molecule has 2 rings (SSSR count). The highest BCUT2D eigenvalue weighted by molar-refractivity contribution is 9.10. The molecule has 0 saturated carbocycles. The van der Waals surface area contributed by atoms with E-state index in [1.54, 1.807) is 24.3 Å². The first-order valence-corrected chi connectivity index (χ1v) is 7.94. The van der Waals surface area contributed by atoms with E-state index in [0.29, 0.717) is 5.69 Å². The molecular formula is C17H15BrF2N2O2. The van der Waals surface area contributed by atoms with Gasteiger partial charge in [0.1, 0.15) is 0 Å². The molecule has 0 heterocycles. The van der Waals surface area contributed by atoms with E-state index in [0.717, 1.165) is 16.6 Å². The Balaban J connectivity index is 2.00. The van der Waals surface area contributed by atoms with Gasteiger partial charge in [-0.05, 0) is 36.4 Å². The fraction of sp³-hybridized carbons (Fsp3) is 0.176. The number of hydrogen-bond acceptors (Lipinski definition) is 2. The van der Waals surface area contributed by atoms with Gasteiger partial charge in [-0.15, -0.1) is 0 Å². The lowest BCUT2D eigenvalue weighted by Gasteiger charge is -2.21. The molecule has 0 bridgehead atoms. The maximum Gasteiger partial charge on any atom is 0.226 e. The fourth-order valence-electron chi connectivity index (χ4n) is 2.09. The quantitative estimate of drug-likeness (QED) is 0.826. The zero-order chi connectivity index (χ0) is 17.7. The molecule has 0 atom stereocenters. The molecule has 0 spiro atoms. The van der Waals surface area contributed by atoms with Crippen LogP contribution >= 0.6 is 15.9 Å². The molecular weight excluding hydrogens is 382 g/mol. The molecule has 126 valence electrons. The summed E-state index contributed by atoms with van der Waals surface area (Å²) in [4.78, 5) is 24.9. The van der Waals surface area contributed by atoms with E-state index in [1.807, 2.05) is 0 Å². The highest BCUT2D eigenvalue weighted by Crippen LogP contribution is 2.19. The second kappa shape index (κ2) is 8.01. The maximum atomic E-state index is 13.3. The molecule has 0 aliphatic heterocycles. The fourth-order valence-corrected chi connectivity index (χ4v) is 2.36. The maximum absolute atomic E-state index is 13.3. The van der Waals surface area contributed by atoms with Gasteiger partial charge in [-0.2, -0.15) is 0 Å². The molecule has 7 heteroatoms. The van der Waals surface area contributed by atoms with Crippen molar-refractivity contribution in [3.8, 4) is 0 Å². The van der Waals surface area contributed by atoms with Crippen molar-refractivity contribution in [2.75, 3.05) is 16.8 Å². The normalized spacial score (nSPS) is 10.3. The summed E-state index contributed by atoms with van der Waals surface area (Å²) >= 11 is 3.30. The van der Waals surface area contributed by atoms with Crippen LogP contribution in [0.4, 0.5) is 20.2 Å². The number of amides is 2. The number of anilines is 2. The first-order chi connectivity index (χ1) is 11.4.